The van der Waals surface area contributed by atoms with Crippen molar-refractivity contribution in [3.05, 3.63) is 88.5 Å². The van der Waals surface area contributed by atoms with Crippen molar-refractivity contribution in [2.24, 2.45) is 0 Å². The SMILES string of the molecule is Oc1c([C@@H](c2cccc(Cl)c2)N2CCN(c3ccccc3)CC2)sc2nc(-c3ccco3)nn12. The van der Waals surface area contributed by atoms with Crippen LogP contribution in [0.5, 0.6) is 5.88 Å². The Morgan fingerprint density at radius 1 is 0.971 bits per heavy atom. The summed E-state index contributed by atoms with van der Waals surface area (Å²) >= 11 is 7.81. The number of nitrogens with zero attached hydrogens (tertiary/aromatic N) is 5. The first-order valence-corrected chi connectivity index (χ1v) is 12.3. The van der Waals surface area contributed by atoms with E-state index in [9.17, 15) is 5.11 Å². The molecule has 1 atom stereocenters. The van der Waals surface area contributed by atoms with Crippen LogP contribution in [0.15, 0.2) is 77.4 Å². The fourth-order valence-electron chi connectivity index (χ4n) is 4.52. The zero-order valence-corrected chi connectivity index (χ0v) is 19.8. The quantitative estimate of drug-likeness (QED) is 0.359. The van der Waals surface area contributed by atoms with E-state index >= 15 is 0 Å². The predicted octanol–water partition coefficient (Wildman–Crippen LogP) is 5.32. The molecule has 7 nitrogen and oxygen atoms in total. The van der Waals surface area contributed by atoms with E-state index in [2.05, 4.69) is 50.2 Å². The van der Waals surface area contributed by atoms with Gasteiger partial charge in [-0.3, -0.25) is 4.90 Å². The smallest absolute Gasteiger partial charge is 0.230 e. The number of aromatic hydroxyl groups is 1. The largest absolute Gasteiger partial charge is 0.492 e. The lowest BCUT2D eigenvalue weighted by atomic mass is 10.0. The lowest BCUT2D eigenvalue weighted by Crippen LogP contribution is -2.47. The third-order valence-corrected chi connectivity index (χ3v) is 7.46. The maximum Gasteiger partial charge on any atom is 0.230 e. The monoisotopic (exact) mass is 491 g/mol. The molecule has 0 saturated carbocycles. The van der Waals surface area contributed by atoms with Crippen LogP contribution in [0.2, 0.25) is 5.02 Å². The molecular weight excluding hydrogens is 470 g/mol. The van der Waals surface area contributed by atoms with Crippen LogP contribution >= 0.6 is 22.9 Å². The number of para-hydroxylation sites is 1. The summed E-state index contributed by atoms with van der Waals surface area (Å²) in [5, 5.41) is 16.4. The maximum atomic E-state index is 11.2. The molecule has 9 heteroatoms. The first-order valence-electron chi connectivity index (χ1n) is 11.1. The summed E-state index contributed by atoms with van der Waals surface area (Å²) in [5.74, 6) is 1.12. The molecule has 1 aliphatic heterocycles. The number of thiazole rings is 1. The van der Waals surface area contributed by atoms with Crippen LogP contribution < -0.4 is 4.90 Å². The van der Waals surface area contributed by atoms with Crippen molar-refractivity contribution >= 4 is 33.6 Å². The minimum atomic E-state index is -0.155. The van der Waals surface area contributed by atoms with Gasteiger partial charge in [0.05, 0.1) is 17.2 Å². The number of anilines is 1. The Bertz CT molecular complexity index is 1410. The number of aromatic nitrogens is 3. The Kier molecular flexibility index (Phi) is 5.49. The Balaban J connectivity index is 1.35. The van der Waals surface area contributed by atoms with Gasteiger partial charge in [-0.15, -0.1) is 5.10 Å². The topological polar surface area (TPSA) is 70.0 Å². The normalized spacial score (nSPS) is 15.7. The fourth-order valence-corrected chi connectivity index (χ4v) is 5.84. The molecule has 0 spiro atoms. The summed E-state index contributed by atoms with van der Waals surface area (Å²) in [5.41, 5.74) is 2.26. The molecule has 0 aliphatic carbocycles. The number of fused-ring (bicyclic) bond motifs is 1. The van der Waals surface area contributed by atoms with Gasteiger partial charge >= 0.3 is 0 Å². The summed E-state index contributed by atoms with van der Waals surface area (Å²) in [4.78, 5) is 10.8. The van der Waals surface area contributed by atoms with Crippen molar-refractivity contribution in [3.63, 3.8) is 0 Å². The van der Waals surface area contributed by atoms with Gasteiger partial charge < -0.3 is 14.4 Å². The Morgan fingerprint density at radius 3 is 2.50 bits per heavy atom. The van der Waals surface area contributed by atoms with E-state index in [-0.39, 0.29) is 11.9 Å². The second-order valence-electron chi connectivity index (χ2n) is 8.21. The standard InChI is InChI=1S/C25H22ClN5O2S/c26-18-7-4-6-17(16-18)21(30-13-11-29(12-14-30)19-8-2-1-3-9-19)22-24(32)31-25(34-22)27-23(28-31)20-10-5-15-33-20/h1-10,15-16,21,32H,11-14H2/t21-/m1/s1. The number of hydrogen-bond acceptors (Lipinski definition) is 7. The lowest BCUT2D eigenvalue weighted by molar-refractivity contribution is 0.211. The first kappa shape index (κ1) is 21.2. The van der Waals surface area contributed by atoms with E-state index in [1.165, 1.54) is 21.5 Å². The van der Waals surface area contributed by atoms with Crippen LogP contribution in [-0.2, 0) is 0 Å². The molecule has 1 saturated heterocycles. The molecule has 0 unspecified atom stereocenters. The molecule has 6 rings (SSSR count). The molecule has 2 aromatic carbocycles. The zero-order valence-electron chi connectivity index (χ0n) is 18.2. The number of benzene rings is 2. The van der Waals surface area contributed by atoms with E-state index < -0.39 is 0 Å². The summed E-state index contributed by atoms with van der Waals surface area (Å²) < 4.78 is 6.91. The van der Waals surface area contributed by atoms with Crippen molar-refractivity contribution in [1.82, 2.24) is 19.5 Å². The van der Waals surface area contributed by atoms with E-state index in [1.54, 1.807) is 18.4 Å². The summed E-state index contributed by atoms with van der Waals surface area (Å²) in [7, 11) is 0. The van der Waals surface area contributed by atoms with E-state index in [1.807, 2.05) is 24.3 Å². The summed E-state index contributed by atoms with van der Waals surface area (Å²) in [6.45, 7) is 3.48. The molecule has 1 N–H and O–H groups in total. The number of halogens is 1. The molecule has 3 aromatic heterocycles. The zero-order chi connectivity index (χ0) is 23.1. The number of rotatable bonds is 5. The molecule has 0 amide bonds. The van der Waals surface area contributed by atoms with Crippen LogP contribution in [-0.4, -0.2) is 50.8 Å². The number of piperazine rings is 1. The van der Waals surface area contributed by atoms with E-state index in [0.717, 1.165) is 36.6 Å². The Hall–Kier alpha value is -3.33. The van der Waals surface area contributed by atoms with Crippen molar-refractivity contribution < 1.29 is 9.52 Å². The summed E-state index contributed by atoms with van der Waals surface area (Å²) in [6, 6.07) is 21.8. The Morgan fingerprint density at radius 2 is 1.79 bits per heavy atom. The van der Waals surface area contributed by atoms with E-state index in [0.29, 0.717) is 21.6 Å². The maximum absolute atomic E-state index is 11.2. The van der Waals surface area contributed by atoms with Crippen LogP contribution in [0.3, 0.4) is 0 Å². The fraction of sp³-hybridized carbons (Fsp3) is 0.200. The van der Waals surface area contributed by atoms with Crippen molar-refractivity contribution in [2.75, 3.05) is 31.1 Å². The molecule has 0 bridgehead atoms. The van der Waals surface area contributed by atoms with Gasteiger partial charge in [-0.2, -0.15) is 9.50 Å². The van der Waals surface area contributed by atoms with Gasteiger partial charge in [0.25, 0.3) is 0 Å². The van der Waals surface area contributed by atoms with Gasteiger partial charge in [-0.05, 0) is 42.0 Å². The highest BCUT2D eigenvalue weighted by Crippen LogP contribution is 2.41. The minimum absolute atomic E-state index is 0.0979. The van der Waals surface area contributed by atoms with Crippen LogP contribution in [0.25, 0.3) is 16.5 Å². The first-order chi connectivity index (χ1) is 16.7. The van der Waals surface area contributed by atoms with Gasteiger partial charge in [0.1, 0.15) is 0 Å². The predicted molar refractivity (Wildman–Crippen MR) is 134 cm³/mol. The second-order valence-corrected chi connectivity index (χ2v) is 9.66. The third kappa shape index (κ3) is 3.83. The molecular formula is C25H22ClN5O2S. The Labute approximate surface area is 205 Å². The van der Waals surface area contributed by atoms with Gasteiger partial charge in [0, 0.05) is 36.9 Å². The molecule has 1 fully saturated rings. The van der Waals surface area contributed by atoms with Gasteiger partial charge in [-0.1, -0.05) is 53.3 Å². The molecule has 0 radical (unpaired) electrons. The highest BCUT2D eigenvalue weighted by Gasteiger charge is 2.32. The highest BCUT2D eigenvalue weighted by atomic mass is 35.5. The number of hydrogen-bond donors (Lipinski definition) is 1. The van der Waals surface area contributed by atoms with Crippen LogP contribution in [0.4, 0.5) is 5.69 Å². The van der Waals surface area contributed by atoms with Gasteiger partial charge in [0.15, 0.2) is 5.76 Å². The van der Waals surface area contributed by atoms with Gasteiger partial charge in [-0.25, -0.2) is 0 Å². The summed E-state index contributed by atoms with van der Waals surface area (Å²) in [6.07, 6.45) is 1.58. The molecule has 1 aliphatic rings. The number of furan rings is 1. The van der Waals surface area contributed by atoms with Crippen molar-refractivity contribution in [2.45, 2.75) is 6.04 Å². The minimum Gasteiger partial charge on any atom is -0.492 e. The van der Waals surface area contributed by atoms with Gasteiger partial charge in [0.2, 0.25) is 16.7 Å². The second kappa shape index (κ2) is 8.79. The third-order valence-electron chi connectivity index (χ3n) is 6.15. The van der Waals surface area contributed by atoms with Crippen molar-refractivity contribution in [1.29, 1.82) is 0 Å². The molecule has 34 heavy (non-hydrogen) atoms. The van der Waals surface area contributed by atoms with E-state index in [4.69, 9.17) is 16.0 Å². The molecule has 172 valence electrons. The highest BCUT2D eigenvalue weighted by molar-refractivity contribution is 7.17. The average molecular weight is 492 g/mol. The average Bonchev–Trinajstić information content (AvgIpc) is 3.60. The lowest BCUT2D eigenvalue weighted by Gasteiger charge is -2.40. The molecule has 5 aromatic rings. The van der Waals surface area contributed by atoms with Crippen LogP contribution in [0, 0.1) is 0 Å². The molecule has 4 heterocycles. The van der Waals surface area contributed by atoms with Crippen LogP contribution in [0.1, 0.15) is 16.5 Å². The van der Waals surface area contributed by atoms with Crippen molar-refractivity contribution in [3.8, 4) is 17.5 Å².